The van der Waals surface area contributed by atoms with Gasteiger partial charge in [-0.05, 0) is 27.7 Å². The van der Waals surface area contributed by atoms with Crippen molar-refractivity contribution in [2.45, 2.75) is 45.4 Å². The summed E-state index contributed by atoms with van der Waals surface area (Å²) in [6, 6.07) is -0.111. The van der Waals surface area contributed by atoms with Crippen molar-refractivity contribution in [2.75, 3.05) is 19.9 Å². The molecular formula is C13H23NO4. The highest BCUT2D eigenvalue weighted by Crippen LogP contribution is 2.20. The van der Waals surface area contributed by atoms with E-state index in [1.54, 1.807) is 11.0 Å². The molecule has 2 atom stereocenters. The second-order valence-electron chi connectivity index (χ2n) is 5.34. The molecule has 1 aliphatic rings. The minimum Gasteiger partial charge on any atom is -0.444 e. The zero-order valence-corrected chi connectivity index (χ0v) is 11.6. The maximum absolute atomic E-state index is 12.0. The van der Waals surface area contributed by atoms with Gasteiger partial charge >= 0.3 is 6.09 Å². The first kappa shape index (κ1) is 15.0. The van der Waals surface area contributed by atoms with Crippen LogP contribution >= 0.6 is 0 Å². The third-order valence-electron chi connectivity index (χ3n) is 2.57. The van der Waals surface area contributed by atoms with Gasteiger partial charge < -0.3 is 14.2 Å². The van der Waals surface area contributed by atoms with Gasteiger partial charge in [-0.2, -0.15) is 0 Å². The summed E-state index contributed by atoms with van der Waals surface area (Å²) in [6.07, 6.45) is 1.26. The first-order valence-electron chi connectivity index (χ1n) is 6.15. The van der Waals surface area contributed by atoms with Crippen molar-refractivity contribution in [3.63, 3.8) is 0 Å². The van der Waals surface area contributed by atoms with E-state index in [-0.39, 0.29) is 25.0 Å². The predicted molar refractivity (Wildman–Crippen MR) is 68.3 cm³/mol. The van der Waals surface area contributed by atoms with Crippen molar-refractivity contribution in [3.8, 4) is 0 Å². The molecule has 0 saturated carbocycles. The molecule has 104 valence electrons. The van der Waals surface area contributed by atoms with Gasteiger partial charge in [-0.25, -0.2) is 4.79 Å². The van der Waals surface area contributed by atoms with E-state index in [0.717, 1.165) is 0 Å². The minimum atomic E-state index is -0.505. The van der Waals surface area contributed by atoms with Crippen LogP contribution < -0.4 is 0 Å². The Morgan fingerprint density at radius 1 is 1.56 bits per heavy atom. The van der Waals surface area contributed by atoms with Crippen molar-refractivity contribution in [2.24, 2.45) is 0 Å². The van der Waals surface area contributed by atoms with Gasteiger partial charge in [0.1, 0.15) is 12.3 Å². The Morgan fingerprint density at radius 2 is 2.22 bits per heavy atom. The molecule has 0 unspecified atom stereocenters. The quantitative estimate of drug-likeness (QED) is 0.572. The fourth-order valence-corrected chi connectivity index (χ4v) is 1.66. The zero-order valence-electron chi connectivity index (χ0n) is 11.6. The Kier molecular flexibility index (Phi) is 5.16. The maximum Gasteiger partial charge on any atom is 0.412 e. The Labute approximate surface area is 109 Å². The van der Waals surface area contributed by atoms with Crippen LogP contribution in [0.2, 0.25) is 0 Å². The summed E-state index contributed by atoms with van der Waals surface area (Å²) in [5, 5.41) is 0. The Hall–Kier alpha value is -1.07. The van der Waals surface area contributed by atoms with Crippen LogP contribution in [-0.4, -0.2) is 48.7 Å². The molecule has 5 nitrogen and oxygen atoms in total. The average Bonchev–Trinajstić information content (AvgIpc) is 2.58. The fourth-order valence-electron chi connectivity index (χ4n) is 1.66. The molecule has 0 radical (unpaired) electrons. The van der Waals surface area contributed by atoms with Gasteiger partial charge in [-0.3, -0.25) is 4.90 Å². The molecule has 18 heavy (non-hydrogen) atoms. The number of carbonyl (C=O) groups is 1. The molecule has 0 N–H and O–H groups in total. The van der Waals surface area contributed by atoms with Crippen LogP contribution in [0.4, 0.5) is 4.79 Å². The Balaban J connectivity index is 2.57. The number of ether oxygens (including phenoxy) is 3. The third kappa shape index (κ3) is 4.31. The van der Waals surface area contributed by atoms with E-state index in [4.69, 9.17) is 14.2 Å². The van der Waals surface area contributed by atoms with E-state index in [1.165, 1.54) is 0 Å². The maximum atomic E-state index is 12.0. The highest BCUT2D eigenvalue weighted by atomic mass is 16.6. The molecule has 0 bridgehead atoms. The average molecular weight is 257 g/mol. The van der Waals surface area contributed by atoms with E-state index >= 15 is 0 Å². The van der Waals surface area contributed by atoms with Gasteiger partial charge in [-0.15, -0.1) is 6.58 Å². The van der Waals surface area contributed by atoms with Gasteiger partial charge in [0.25, 0.3) is 0 Å². The molecule has 1 heterocycles. The van der Waals surface area contributed by atoms with E-state index in [0.29, 0.717) is 13.2 Å². The van der Waals surface area contributed by atoms with Crippen molar-refractivity contribution < 1.29 is 19.0 Å². The molecule has 1 fully saturated rings. The van der Waals surface area contributed by atoms with Crippen LogP contribution in [-0.2, 0) is 14.2 Å². The second-order valence-corrected chi connectivity index (χ2v) is 5.34. The summed E-state index contributed by atoms with van der Waals surface area (Å²) in [4.78, 5) is 13.6. The lowest BCUT2D eigenvalue weighted by Crippen LogP contribution is -2.44. The van der Waals surface area contributed by atoms with Crippen LogP contribution in [0.5, 0.6) is 0 Å². The first-order chi connectivity index (χ1) is 8.35. The fraction of sp³-hybridized carbons (Fsp3) is 0.769. The van der Waals surface area contributed by atoms with Crippen LogP contribution in [0, 0.1) is 0 Å². The topological polar surface area (TPSA) is 48.0 Å². The van der Waals surface area contributed by atoms with Gasteiger partial charge in [0.05, 0.1) is 25.4 Å². The lowest BCUT2D eigenvalue weighted by atomic mass is 10.2. The van der Waals surface area contributed by atoms with E-state index in [9.17, 15) is 4.79 Å². The molecule has 0 aromatic carbocycles. The summed E-state index contributed by atoms with van der Waals surface area (Å²) in [5.41, 5.74) is -0.505. The molecule has 0 spiro atoms. The van der Waals surface area contributed by atoms with E-state index in [2.05, 4.69) is 6.58 Å². The Morgan fingerprint density at radius 3 is 2.78 bits per heavy atom. The number of rotatable bonds is 4. The molecule has 5 heteroatoms. The molecule has 0 aliphatic carbocycles. The minimum absolute atomic E-state index is 0.0534. The first-order valence-corrected chi connectivity index (χ1v) is 6.15. The van der Waals surface area contributed by atoms with Crippen molar-refractivity contribution >= 4 is 6.09 Å². The number of nitrogens with zero attached hydrogens (tertiary/aromatic N) is 1. The summed E-state index contributed by atoms with van der Waals surface area (Å²) in [5.74, 6) is 0. The predicted octanol–water partition coefficient (Wildman–Crippen LogP) is 2.17. The molecule has 0 aromatic rings. The van der Waals surface area contributed by atoms with Crippen molar-refractivity contribution in [1.29, 1.82) is 0 Å². The molecule has 1 rings (SSSR count). The van der Waals surface area contributed by atoms with E-state index < -0.39 is 5.60 Å². The lowest BCUT2D eigenvalue weighted by Gasteiger charge is -2.28. The van der Waals surface area contributed by atoms with E-state index in [1.807, 2.05) is 27.7 Å². The third-order valence-corrected chi connectivity index (χ3v) is 2.57. The molecule has 0 aromatic heterocycles. The molecule has 1 saturated heterocycles. The van der Waals surface area contributed by atoms with Crippen molar-refractivity contribution in [1.82, 2.24) is 4.90 Å². The molecular weight excluding hydrogens is 234 g/mol. The van der Waals surface area contributed by atoms with Crippen LogP contribution in [0.25, 0.3) is 0 Å². The van der Waals surface area contributed by atoms with Crippen molar-refractivity contribution in [3.05, 3.63) is 12.7 Å². The van der Waals surface area contributed by atoms with Gasteiger partial charge in [-0.1, -0.05) is 6.08 Å². The van der Waals surface area contributed by atoms with Gasteiger partial charge in [0.2, 0.25) is 0 Å². The number of carbonyl (C=O) groups excluding carboxylic acids is 1. The van der Waals surface area contributed by atoms with Crippen LogP contribution in [0.1, 0.15) is 27.7 Å². The molecule has 1 amide bonds. The number of hydrogen-bond acceptors (Lipinski definition) is 4. The van der Waals surface area contributed by atoms with Crippen LogP contribution in [0.15, 0.2) is 12.7 Å². The monoisotopic (exact) mass is 257 g/mol. The standard InChI is InChI=1S/C13H23NO4/c1-6-7-16-8-11-10(2)17-9-14(11)12(15)18-13(3,4)5/h6,10-11H,1,7-9H2,2-5H3/t10-,11-/m0/s1. The highest BCUT2D eigenvalue weighted by molar-refractivity contribution is 5.68. The van der Waals surface area contributed by atoms with Crippen LogP contribution in [0.3, 0.4) is 0 Å². The summed E-state index contributed by atoms with van der Waals surface area (Å²) in [6.45, 7) is 12.2. The summed E-state index contributed by atoms with van der Waals surface area (Å²) < 4.78 is 16.2. The summed E-state index contributed by atoms with van der Waals surface area (Å²) >= 11 is 0. The normalized spacial score (nSPS) is 24.1. The zero-order chi connectivity index (χ0) is 13.8. The second kappa shape index (κ2) is 6.20. The largest absolute Gasteiger partial charge is 0.444 e. The van der Waals surface area contributed by atoms with Gasteiger partial charge in [0.15, 0.2) is 0 Å². The molecule has 1 aliphatic heterocycles. The number of hydrogen-bond donors (Lipinski definition) is 0. The van der Waals surface area contributed by atoms with Gasteiger partial charge in [0, 0.05) is 0 Å². The Bertz CT molecular complexity index is 298. The number of amides is 1. The SMILES string of the molecule is C=CCOC[C@H]1[C@H](C)OCN1C(=O)OC(C)(C)C. The summed E-state index contributed by atoms with van der Waals surface area (Å²) in [7, 11) is 0. The lowest BCUT2D eigenvalue weighted by molar-refractivity contribution is 0.00892. The smallest absolute Gasteiger partial charge is 0.412 e. The highest BCUT2D eigenvalue weighted by Gasteiger charge is 2.37.